The maximum absolute atomic E-state index is 5.11. The Labute approximate surface area is 102 Å². The fourth-order valence-corrected chi connectivity index (χ4v) is 1.96. The van der Waals surface area contributed by atoms with E-state index in [1.165, 1.54) is 0 Å². The van der Waals surface area contributed by atoms with E-state index < -0.39 is 0 Å². The fourth-order valence-electron chi connectivity index (χ4n) is 1.07. The highest BCUT2D eigenvalue weighted by Gasteiger charge is 2.14. The molecule has 1 N–H and O–H groups in total. The molecule has 1 aromatic heterocycles. The minimum Gasteiger partial charge on any atom is -0.333 e. The molecule has 0 saturated carbocycles. The van der Waals surface area contributed by atoms with Gasteiger partial charge in [-0.25, -0.2) is 0 Å². The largest absolute Gasteiger partial charge is 0.333 e. The van der Waals surface area contributed by atoms with Gasteiger partial charge in [0.15, 0.2) is 5.82 Å². The molecule has 16 heavy (non-hydrogen) atoms. The molecule has 0 aliphatic heterocycles. The van der Waals surface area contributed by atoms with Crippen LogP contribution in [0.25, 0.3) is 0 Å². The first-order valence-electron chi connectivity index (χ1n) is 5.55. The van der Waals surface area contributed by atoms with Crippen LogP contribution in [0.4, 0.5) is 6.01 Å². The van der Waals surface area contributed by atoms with Gasteiger partial charge in [-0.05, 0) is 32.4 Å². The minimum absolute atomic E-state index is 0.0467. The fraction of sp³-hybridized carbons (Fsp3) is 0.818. The van der Waals surface area contributed by atoms with Gasteiger partial charge in [0.2, 0.25) is 0 Å². The van der Waals surface area contributed by atoms with Gasteiger partial charge in [0.05, 0.1) is 5.75 Å². The van der Waals surface area contributed by atoms with Gasteiger partial charge < -0.3 is 9.84 Å². The van der Waals surface area contributed by atoms with Crippen LogP contribution in [0.3, 0.4) is 0 Å². The van der Waals surface area contributed by atoms with Crippen LogP contribution in [0, 0.1) is 5.92 Å². The zero-order valence-corrected chi connectivity index (χ0v) is 11.5. The molecular weight excluding hydrogens is 222 g/mol. The molecular formula is C11H21N3OS. The molecule has 0 atom stereocenters. The van der Waals surface area contributed by atoms with E-state index in [4.69, 9.17) is 4.52 Å². The van der Waals surface area contributed by atoms with Crippen LogP contribution in [-0.4, -0.2) is 21.4 Å². The van der Waals surface area contributed by atoms with Crippen LogP contribution in [-0.2, 0) is 5.75 Å². The second kappa shape index (κ2) is 5.57. The first-order chi connectivity index (χ1) is 7.37. The third-order valence-electron chi connectivity index (χ3n) is 1.63. The van der Waals surface area contributed by atoms with E-state index in [2.05, 4.69) is 50.1 Å². The molecule has 0 aliphatic rings. The van der Waals surface area contributed by atoms with Gasteiger partial charge in [-0.2, -0.15) is 16.7 Å². The van der Waals surface area contributed by atoms with Crippen LogP contribution in [0.1, 0.15) is 40.4 Å². The highest BCUT2D eigenvalue weighted by atomic mass is 32.2. The van der Waals surface area contributed by atoms with E-state index in [9.17, 15) is 0 Å². The molecule has 0 saturated heterocycles. The first-order valence-corrected chi connectivity index (χ1v) is 6.71. The van der Waals surface area contributed by atoms with Crippen molar-refractivity contribution in [2.24, 2.45) is 5.92 Å². The Morgan fingerprint density at radius 3 is 2.62 bits per heavy atom. The highest BCUT2D eigenvalue weighted by molar-refractivity contribution is 7.98. The van der Waals surface area contributed by atoms with Crippen LogP contribution in [0.2, 0.25) is 0 Å². The van der Waals surface area contributed by atoms with Gasteiger partial charge >= 0.3 is 6.01 Å². The maximum Gasteiger partial charge on any atom is 0.321 e. The number of anilines is 1. The van der Waals surface area contributed by atoms with Crippen LogP contribution in [0.5, 0.6) is 0 Å². The summed E-state index contributed by atoms with van der Waals surface area (Å²) < 4.78 is 5.11. The van der Waals surface area contributed by atoms with Gasteiger partial charge in [-0.15, -0.1) is 0 Å². The van der Waals surface area contributed by atoms with Crippen molar-refractivity contribution in [2.45, 2.75) is 45.9 Å². The molecule has 0 aromatic carbocycles. The minimum atomic E-state index is -0.0467. The van der Waals surface area contributed by atoms with E-state index in [0.29, 0.717) is 11.9 Å². The number of thioether (sulfide) groups is 1. The van der Waals surface area contributed by atoms with Crippen molar-refractivity contribution in [1.82, 2.24) is 10.1 Å². The molecule has 0 radical (unpaired) electrons. The molecule has 1 aromatic rings. The summed E-state index contributed by atoms with van der Waals surface area (Å²) >= 11 is 1.83. The van der Waals surface area contributed by atoms with E-state index in [0.717, 1.165) is 17.3 Å². The molecule has 1 rings (SSSR count). The highest BCUT2D eigenvalue weighted by Crippen LogP contribution is 2.16. The lowest BCUT2D eigenvalue weighted by molar-refractivity contribution is 0.414. The summed E-state index contributed by atoms with van der Waals surface area (Å²) in [7, 11) is 0. The van der Waals surface area contributed by atoms with E-state index in [1.54, 1.807) is 0 Å². The summed E-state index contributed by atoms with van der Waals surface area (Å²) in [4.78, 5) is 4.28. The predicted octanol–water partition coefficient (Wildman–Crippen LogP) is 3.17. The van der Waals surface area contributed by atoms with Crippen molar-refractivity contribution >= 4 is 17.8 Å². The third-order valence-corrected chi connectivity index (χ3v) is 3.00. The first kappa shape index (κ1) is 13.4. The Bertz CT molecular complexity index is 317. The Hall–Kier alpha value is -0.710. The van der Waals surface area contributed by atoms with Gasteiger partial charge in [-0.1, -0.05) is 19.0 Å². The molecule has 0 aliphatic carbocycles. The molecule has 0 unspecified atom stereocenters. The molecule has 4 nitrogen and oxygen atoms in total. The summed E-state index contributed by atoms with van der Waals surface area (Å²) in [5.74, 6) is 3.39. The lowest BCUT2D eigenvalue weighted by Crippen LogP contribution is -2.26. The zero-order valence-electron chi connectivity index (χ0n) is 10.7. The molecule has 5 heteroatoms. The standard InChI is InChI=1S/C11H21N3OS/c1-8(2)6-16-7-9-12-10(15-14-9)13-11(3,4)5/h8H,6-7H2,1-5H3,(H,12,13,14). The van der Waals surface area contributed by atoms with Crippen molar-refractivity contribution in [1.29, 1.82) is 0 Å². The second-order valence-electron chi connectivity index (χ2n) is 5.30. The van der Waals surface area contributed by atoms with Crippen LogP contribution in [0.15, 0.2) is 4.52 Å². The summed E-state index contributed by atoms with van der Waals surface area (Å²) in [5, 5.41) is 7.08. The van der Waals surface area contributed by atoms with Gasteiger partial charge in [0.1, 0.15) is 0 Å². The van der Waals surface area contributed by atoms with E-state index >= 15 is 0 Å². The predicted molar refractivity (Wildman–Crippen MR) is 68.7 cm³/mol. The quantitative estimate of drug-likeness (QED) is 0.860. The molecule has 0 amide bonds. The Morgan fingerprint density at radius 1 is 1.38 bits per heavy atom. The van der Waals surface area contributed by atoms with Crippen molar-refractivity contribution in [3.8, 4) is 0 Å². The van der Waals surface area contributed by atoms with Crippen molar-refractivity contribution in [3.63, 3.8) is 0 Å². The molecule has 0 bridgehead atoms. The number of nitrogens with zero attached hydrogens (tertiary/aromatic N) is 2. The Morgan fingerprint density at radius 2 is 2.06 bits per heavy atom. The topological polar surface area (TPSA) is 51.0 Å². The SMILES string of the molecule is CC(C)CSCc1noc(NC(C)(C)C)n1. The number of rotatable bonds is 5. The van der Waals surface area contributed by atoms with Crippen molar-refractivity contribution < 1.29 is 4.52 Å². The van der Waals surface area contributed by atoms with E-state index in [1.807, 2.05) is 11.8 Å². The lowest BCUT2D eigenvalue weighted by atomic mass is 10.1. The average Bonchev–Trinajstić information content (AvgIpc) is 2.48. The van der Waals surface area contributed by atoms with Gasteiger partial charge in [0.25, 0.3) is 0 Å². The summed E-state index contributed by atoms with van der Waals surface area (Å²) in [6.07, 6.45) is 0. The zero-order chi connectivity index (χ0) is 12.2. The van der Waals surface area contributed by atoms with Gasteiger partial charge in [-0.3, -0.25) is 0 Å². The normalized spacial score (nSPS) is 12.1. The monoisotopic (exact) mass is 243 g/mol. The summed E-state index contributed by atoms with van der Waals surface area (Å²) in [6.45, 7) is 10.6. The lowest BCUT2D eigenvalue weighted by Gasteiger charge is -2.17. The third kappa shape index (κ3) is 5.39. The summed E-state index contributed by atoms with van der Waals surface area (Å²) in [5.41, 5.74) is -0.0467. The number of aromatic nitrogens is 2. The van der Waals surface area contributed by atoms with E-state index in [-0.39, 0.29) is 5.54 Å². The maximum atomic E-state index is 5.11. The summed E-state index contributed by atoms with van der Waals surface area (Å²) in [6, 6.07) is 0.507. The molecule has 1 heterocycles. The smallest absolute Gasteiger partial charge is 0.321 e. The Balaban J connectivity index is 2.40. The van der Waals surface area contributed by atoms with Gasteiger partial charge in [0, 0.05) is 5.54 Å². The molecule has 0 spiro atoms. The number of hydrogen-bond donors (Lipinski definition) is 1. The Kier molecular flexibility index (Phi) is 4.65. The van der Waals surface area contributed by atoms with Crippen molar-refractivity contribution in [2.75, 3.05) is 11.1 Å². The second-order valence-corrected chi connectivity index (χ2v) is 6.33. The molecule has 92 valence electrons. The average molecular weight is 243 g/mol. The van der Waals surface area contributed by atoms with Crippen LogP contribution < -0.4 is 5.32 Å². The van der Waals surface area contributed by atoms with Crippen LogP contribution >= 0.6 is 11.8 Å². The molecule has 0 fully saturated rings. The number of nitrogens with one attached hydrogen (secondary N) is 1. The van der Waals surface area contributed by atoms with Crippen molar-refractivity contribution in [3.05, 3.63) is 5.82 Å². The number of hydrogen-bond acceptors (Lipinski definition) is 5.